The molecular formula is C26H47NO5S. The number of hydrogen-bond acceptors (Lipinski definition) is 6. The number of nitrogens with two attached hydrogens (primary N) is 1. The van der Waals surface area contributed by atoms with Crippen molar-refractivity contribution in [2.75, 3.05) is 12.3 Å². The molecule has 0 aromatic carbocycles. The van der Waals surface area contributed by atoms with Gasteiger partial charge in [0.25, 0.3) is 0 Å². The third-order valence-electron chi connectivity index (χ3n) is 10.5. The summed E-state index contributed by atoms with van der Waals surface area (Å²) in [6, 6.07) is 0. The summed E-state index contributed by atoms with van der Waals surface area (Å²) in [5.74, 6) is 1.79. The zero-order valence-corrected chi connectivity index (χ0v) is 21.6. The van der Waals surface area contributed by atoms with Crippen molar-refractivity contribution < 1.29 is 25.2 Å². The Morgan fingerprint density at radius 3 is 2.36 bits per heavy atom. The molecule has 4 aliphatic rings. The number of fused-ring (bicyclic) bond motifs is 5. The molecule has 0 unspecified atom stereocenters. The Morgan fingerprint density at radius 2 is 1.76 bits per heavy atom. The fraction of sp³-hybridized carbons (Fsp3) is 0.962. The van der Waals surface area contributed by atoms with E-state index in [1.165, 1.54) is 0 Å². The SMILES string of the molecule is C[C@H](CCC(=O)O)[C@H]1CC[C@H]2[C@@H]3[C@H](O)C[C@@H]4C[C@H](O)CC[C@]4(C)[C@H]3C[C@H](O)[C@]12C.NCCS. The average molecular weight is 486 g/mol. The number of carboxylic acid groups (broad SMARTS) is 1. The molecule has 0 saturated heterocycles. The third kappa shape index (κ3) is 5.00. The van der Waals surface area contributed by atoms with Crippen molar-refractivity contribution in [3.05, 3.63) is 0 Å². The largest absolute Gasteiger partial charge is 0.481 e. The summed E-state index contributed by atoms with van der Waals surface area (Å²) in [4.78, 5) is 11.1. The fourth-order valence-corrected chi connectivity index (χ4v) is 8.68. The molecule has 4 aliphatic carbocycles. The van der Waals surface area contributed by atoms with Crippen molar-refractivity contribution in [1.29, 1.82) is 0 Å². The van der Waals surface area contributed by atoms with Crippen LogP contribution in [-0.2, 0) is 4.79 Å². The van der Waals surface area contributed by atoms with Gasteiger partial charge in [-0.05, 0) is 97.7 Å². The number of rotatable bonds is 5. The Bertz CT molecular complexity index is 677. The van der Waals surface area contributed by atoms with Gasteiger partial charge in [0.05, 0.1) is 18.3 Å². The van der Waals surface area contributed by atoms with Gasteiger partial charge >= 0.3 is 5.97 Å². The van der Waals surface area contributed by atoms with Crippen molar-refractivity contribution >= 4 is 18.6 Å². The normalized spacial score (nSPS) is 47.4. The molecule has 0 amide bonds. The zero-order chi connectivity index (χ0) is 24.6. The first-order chi connectivity index (χ1) is 15.5. The zero-order valence-electron chi connectivity index (χ0n) is 20.7. The Balaban J connectivity index is 0.000000709. The maximum Gasteiger partial charge on any atom is 0.303 e. The van der Waals surface area contributed by atoms with Crippen molar-refractivity contribution in [3.63, 3.8) is 0 Å². The van der Waals surface area contributed by atoms with Crippen molar-refractivity contribution in [1.82, 2.24) is 0 Å². The van der Waals surface area contributed by atoms with E-state index in [2.05, 4.69) is 33.4 Å². The van der Waals surface area contributed by atoms with E-state index in [0.717, 1.165) is 50.7 Å². The van der Waals surface area contributed by atoms with Crippen LogP contribution >= 0.6 is 12.6 Å². The van der Waals surface area contributed by atoms with E-state index in [1.54, 1.807) is 0 Å². The third-order valence-corrected chi connectivity index (χ3v) is 10.7. The van der Waals surface area contributed by atoms with E-state index in [0.29, 0.717) is 36.6 Å². The van der Waals surface area contributed by atoms with Gasteiger partial charge < -0.3 is 26.2 Å². The van der Waals surface area contributed by atoms with Crippen molar-refractivity contribution in [2.45, 2.75) is 96.9 Å². The van der Waals surface area contributed by atoms with Crippen molar-refractivity contribution in [3.8, 4) is 0 Å². The summed E-state index contributed by atoms with van der Waals surface area (Å²) in [5.41, 5.74) is 4.81. The highest BCUT2D eigenvalue weighted by Crippen LogP contribution is 2.68. The summed E-state index contributed by atoms with van der Waals surface area (Å²) in [6.45, 7) is 7.41. The molecule has 0 aromatic heterocycles. The van der Waals surface area contributed by atoms with E-state index in [9.17, 15) is 20.1 Å². The highest BCUT2D eigenvalue weighted by molar-refractivity contribution is 7.80. The lowest BCUT2D eigenvalue weighted by molar-refractivity contribution is -0.207. The van der Waals surface area contributed by atoms with Gasteiger partial charge in [-0.15, -0.1) is 0 Å². The molecule has 4 rings (SSSR count). The van der Waals surface area contributed by atoms with E-state index >= 15 is 0 Å². The van der Waals surface area contributed by atoms with E-state index in [-0.39, 0.29) is 41.3 Å². The Hall–Kier alpha value is -0.340. The monoisotopic (exact) mass is 485 g/mol. The minimum Gasteiger partial charge on any atom is -0.481 e. The molecule has 0 spiro atoms. The first-order valence-electron chi connectivity index (χ1n) is 13.1. The molecule has 0 radical (unpaired) electrons. The summed E-state index contributed by atoms with van der Waals surface area (Å²) in [6.07, 6.45) is 6.00. The number of aliphatic hydroxyl groups is 3. The van der Waals surface area contributed by atoms with Crippen LogP contribution < -0.4 is 5.73 Å². The second-order valence-electron chi connectivity index (χ2n) is 11.9. The van der Waals surface area contributed by atoms with Crippen LogP contribution in [0.1, 0.15) is 78.6 Å². The van der Waals surface area contributed by atoms with Gasteiger partial charge in [0.1, 0.15) is 0 Å². The quantitative estimate of drug-likeness (QED) is 0.332. The van der Waals surface area contributed by atoms with Gasteiger partial charge in [0, 0.05) is 18.7 Å². The molecule has 4 fully saturated rings. The van der Waals surface area contributed by atoms with Crippen LogP contribution in [0.3, 0.4) is 0 Å². The predicted octanol–water partition coefficient (Wildman–Crippen LogP) is 3.32. The lowest BCUT2D eigenvalue weighted by Gasteiger charge is -2.63. The molecule has 192 valence electrons. The minimum absolute atomic E-state index is 0.0957. The topological polar surface area (TPSA) is 124 Å². The van der Waals surface area contributed by atoms with Gasteiger partial charge in [0.2, 0.25) is 0 Å². The van der Waals surface area contributed by atoms with Crippen LogP contribution in [0, 0.1) is 46.3 Å². The van der Waals surface area contributed by atoms with Crippen LogP contribution in [0.2, 0.25) is 0 Å². The molecule has 0 heterocycles. The van der Waals surface area contributed by atoms with Gasteiger partial charge in [-0.3, -0.25) is 4.79 Å². The first-order valence-corrected chi connectivity index (χ1v) is 13.7. The standard InChI is InChI=1S/C24H40O5.C2H7NS/c1-13(4-7-21(28)29)16-5-6-17-22-18(12-20(27)24(16,17)3)23(2)9-8-15(25)10-14(23)11-19(22)26;3-1-2-4/h13-20,22,25-27H,4-12H2,1-3H3,(H,28,29);4H,1-3H2/t13-,14+,15-,16-,17+,18+,19-,20+,22+,23+,24-;/m1./s1. The van der Waals surface area contributed by atoms with Crippen LogP contribution in [0.15, 0.2) is 0 Å². The van der Waals surface area contributed by atoms with E-state index in [4.69, 9.17) is 10.8 Å². The summed E-state index contributed by atoms with van der Waals surface area (Å²) < 4.78 is 0. The molecule has 0 aliphatic heterocycles. The first kappa shape index (κ1) is 27.3. The molecule has 11 atom stereocenters. The van der Waals surface area contributed by atoms with Crippen molar-refractivity contribution in [2.24, 2.45) is 52.1 Å². The van der Waals surface area contributed by atoms with E-state index < -0.39 is 12.1 Å². The number of aliphatic carboxylic acids is 1. The Kier molecular flexibility index (Phi) is 8.86. The molecule has 33 heavy (non-hydrogen) atoms. The van der Waals surface area contributed by atoms with Crippen LogP contribution in [0.5, 0.6) is 0 Å². The number of thiol groups is 1. The number of aliphatic hydroxyl groups excluding tert-OH is 3. The Morgan fingerprint density at radius 1 is 1.09 bits per heavy atom. The molecule has 0 bridgehead atoms. The number of carbonyl (C=O) groups is 1. The van der Waals surface area contributed by atoms with Gasteiger partial charge in [-0.2, -0.15) is 12.6 Å². The maximum absolute atomic E-state index is 11.5. The molecule has 7 heteroatoms. The van der Waals surface area contributed by atoms with Crippen LogP contribution in [0.4, 0.5) is 0 Å². The lowest BCUT2D eigenvalue weighted by atomic mass is 9.43. The highest BCUT2D eigenvalue weighted by Gasteiger charge is 2.65. The molecule has 4 saturated carbocycles. The van der Waals surface area contributed by atoms with E-state index in [1.807, 2.05) is 0 Å². The second-order valence-corrected chi connectivity index (χ2v) is 12.4. The Labute approximate surface area is 205 Å². The maximum atomic E-state index is 11.5. The molecule has 6 nitrogen and oxygen atoms in total. The average Bonchev–Trinajstić information content (AvgIpc) is 3.12. The minimum atomic E-state index is -0.748. The number of carboxylic acids is 1. The lowest BCUT2D eigenvalue weighted by Crippen LogP contribution is -2.62. The van der Waals surface area contributed by atoms with Gasteiger partial charge in [-0.25, -0.2) is 0 Å². The smallest absolute Gasteiger partial charge is 0.303 e. The summed E-state index contributed by atoms with van der Waals surface area (Å²) in [5, 5.41) is 42.0. The second kappa shape index (κ2) is 10.7. The summed E-state index contributed by atoms with van der Waals surface area (Å²) >= 11 is 3.80. The highest BCUT2D eigenvalue weighted by atomic mass is 32.1. The predicted molar refractivity (Wildman–Crippen MR) is 133 cm³/mol. The number of hydrogen-bond donors (Lipinski definition) is 6. The summed E-state index contributed by atoms with van der Waals surface area (Å²) in [7, 11) is 0. The van der Waals surface area contributed by atoms with Gasteiger partial charge in [-0.1, -0.05) is 20.8 Å². The molecule has 6 N–H and O–H groups in total. The fourth-order valence-electron chi connectivity index (χ4n) is 8.68. The molecular weight excluding hydrogens is 438 g/mol. The molecule has 0 aromatic rings. The van der Waals surface area contributed by atoms with Crippen LogP contribution in [0.25, 0.3) is 0 Å². The van der Waals surface area contributed by atoms with Gasteiger partial charge in [0.15, 0.2) is 0 Å². The van der Waals surface area contributed by atoms with Crippen LogP contribution in [-0.4, -0.2) is 57.0 Å².